The third kappa shape index (κ3) is 5.76. The number of nitrogens with one attached hydrogen (secondary N) is 1. The minimum Gasteiger partial charge on any atom is -0.443 e. The summed E-state index contributed by atoms with van der Waals surface area (Å²) < 4.78 is 5.38. The van der Waals surface area contributed by atoms with E-state index in [2.05, 4.69) is 10.2 Å². The van der Waals surface area contributed by atoms with E-state index < -0.39 is 48.3 Å². The molecule has 0 bridgehead atoms. The zero-order valence-corrected chi connectivity index (χ0v) is 22.8. The van der Waals surface area contributed by atoms with Crippen LogP contribution in [-0.4, -0.2) is 82.6 Å². The minimum atomic E-state index is -1.17. The molecular weight excluding hydrogens is 528 g/mol. The lowest BCUT2D eigenvalue weighted by Gasteiger charge is -2.34. The van der Waals surface area contributed by atoms with Gasteiger partial charge in [-0.25, -0.2) is 4.90 Å². The first-order valence-electron chi connectivity index (χ1n) is 13.8. The van der Waals surface area contributed by atoms with Crippen molar-refractivity contribution in [2.24, 2.45) is 0 Å². The zero-order valence-electron chi connectivity index (χ0n) is 22.8. The Morgan fingerprint density at radius 2 is 1.56 bits per heavy atom. The molecule has 2 aromatic carbocycles. The van der Waals surface area contributed by atoms with Gasteiger partial charge in [-0.3, -0.25) is 38.6 Å². The molecule has 2 fully saturated rings. The summed E-state index contributed by atoms with van der Waals surface area (Å²) in [7, 11) is 0. The van der Waals surface area contributed by atoms with Crippen molar-refractivity contribution in [3.63, 3.8) is 0 Å². The van der Waals surface area contributed by atoms with Gasteiger partial charge in [0, 0.05) is 12.1 Å². The van der Waals surface area contributed by atoms with Gasteiger partial charge >= 0.3 is 5.97 Å². The normalized spacial score (nSPS) is 20.2. The Hall–Kier alpha value is -4.38. The molecule has 214 valence electrons. The maximum absolute atomic E-state index is 13.3. The number of likely N-dealkylation sites (tertiary alicyclic amines) is 2. The molecule has 0 saturated carbocycles. The van der Waals surface area contributed by atoms with E-state index in [1.165, 1.54) is 18.6 Å². The largest absolute Gasteiger partial charge is 0.443 e. The summed E-state index contributed by atoms with van der Waals surface area (Å²) in [4.78, 5) is 81.2. The van der Waals surface area contributed by atoms with E-state index in [0.29, 0.717) is 11.3 Å². The number of nitrogens with zero attached hydrogens (tertiary/aromatic N) is 3. The van der Waals surface area contributed by atoms with E-state index in [9.17, 15) is 28.8 Å². The molecule has 2 aromatic rings. The number of para-hydroxylation sites is 1. The number of carbonyl (C=O) groups excluding carboxylic acids is 6. The molecule has 0 aliphatic carbocycles. The van der Waals surface area contributed by atoms with E-state index in [4.69, 9.17) is 4.74 Å². The molecule has 3 aliphatic heterocycles. The van der Waals surface area contributed by atoms with Crippen molar-refractivity contribution < 1.29 is 33.5 Å². The number of amides is 5. The first-order chi connectivity index (χ1) is 19.8. The number of rotatable bonds is 8. The third-order valence-corrected chi connectivity index (χ3v) is 7.83. The number of hydrogen-bond donors (Lipinski definition) is 1. The predicted molar refractivity (Wildman–Crippen MR) is 147 cm³/mol. The molecule has 0 spiro atoms. The Labute approximate surface area is 237 Å². The van der Waals surface area contributed by atoms with Crippen molar-refractivity contribution in [2.45, 2.75) is 51.0 Å². The minimum absolute atomic E-state index is 0.00547. The molecular formula is C30H32N4O7. The van der Waals surface area contributed by atoms with Crippen LogP contribution in [0.15, 0.2) is 48.5 Å². The van der Waals surface area contributed by atoms with Gasteiger partial charge in [0.05, 0.1) is 23.6 Å². The Balaban J connectivity index is 1.22. The lowest BCUT2D eigenvalue weighted by molar-refractivity contribution is -0.164. The van der Waals surface area contributed by atoms with Crippen LogP contribution in [0.5, 0.6) is 0 Å². The van der Waals surface area contributed by atoms with Gasteiger partial charge in [0.2, 0.25) is 11.8 Å². The molecule has 2 saturated heterocycles. The van der Waals surface area contributed by atoms with Crippen LogP contribution in [0.4, 0.5) is 5.69 Å². The number of carbonyl (C=O) groups is 6. The number of benzene rings is 2. The van der Waals surface area contributed by atoms with Gasteiger partial charge in [0.25, 0.3) is 17.7 Å². The van der Waals surface area contributed by atoms with Gasteiger partial charge in [0.1, 0.15) is 6.04 Å². The summed E-state index contributed by atoms with van der Waals surface area (Å²) in [6.45, 7) is 2.98. The first-order valence-corrected chi connectivity index (χ1v) is 13.8. The number of ether oxygens (including phenoxy) is 1. The summed E-state index contributed by atoms with van der Waals surface area (Å²) in [5.74, 6) is -4.22. The quantitative estimate of drug-likeness (QED) is 0.385. The van der Waals surface area contributed by atoms with Crippen molar-refractivity contribution in [3.05, 3.63) is 65.2 Å². The summed E-state index contributed by atoms with van der Waals surface area (Å²) >= 11 is 0. The molecule has 11 nitrogen and oxygen atoms in total. The van der Waals surface area contributed by atoms with Crippen LogP contribution in [0.25, 0.3) is 0 Å². The molecule has 1 unspecified atom stereocenters. The molecule has 5 amide bonds. The molecule has 3 aliphatic rings. The van der Waals surface area contributed by atoms with Gasteiger partial charge in [-0.15, -0.1) is 0 Å². The van der Waals surface area contributed by atoms with Gasteiger partial charge in [-0.05, 0) is 63.0 Å². The van der Waals surface area contributed by atoms with Crippen molar-refractivity contribution >= 4 is 41.2 Å². The van der Waals surface area contributed by atoms with Gasteiger partial charge < -0.3 is 10.1 Å². The second-order valence-electron chi connectivity index (χ2n) is 10.5. The maximum atomic E-state index is 13.3. The average Bonchev–Trinajstić information content (AvgIpc) is 3.23. The number of fused-ring (bicyclic) bond motifs is 1. The number of esters is 1. The highest BCUT2D eigenvalue weighted by Gasteiger charge is 2.47. The molecule has 0 radical (unpaired) electrons. The maximum Gasteiger partial charge on any atom is 0.314 e. The Bertz CT molecular complexity index is 1370. The average molecular weight is 561 g/mol. The van der Waals surface area contributed by atoms with Gasteiger partial charge in [0.15, 0.2) is 6.73 Å². The molecule has 3 heterocycles. The van der Waals surface area contributed by atoms with Crippen molar-refractivity contribution in [1.29, 1.82) is 0 Å². The lowest BCUT2D eigenvalue weighted by atomic mass is 9.99. The van der Waals surface area contributed by atoms with Crippen LogP contribution in [0.1, 0.15) is 71.2 Å². The Morgan fingerprint density at radius 3 is 2.24 bits per heavy atom. The first kappa shape index (κ1) is 28.2. The van der Waals surface area contributed by atoms with E-state index >= 15 is 0 Å². The topological polar surface area (TPSA) is 133 Å². The molecule has 1 N–H and O–H groups in total. The Kier molecular flexibility index (Phi) is 8.25. The fraction of sp³-hybridized carbons (Fsp3) is 0.400. The van der Waals surface area contributed by atoms with E-state index in [1.54, 1.807) is 43.3 Å². The number of hydrogen-bond acceptors (Lipinski definition) is 8. The monoisotopic (exact) mass is 560 g/mol. The fourth-order valence-electron chi connectivity index (χ4n) is 5.57. The SMILES string of the molecule is CC(C(=O)OCN1C(=O)CC[C@H](N2C(=O)c3ccccc3C2=O)C1=O)c1ccccc1NC(=O)CN1CCCCC1. The van der Waals surface area contributed by atoms with Crippen LogP contribution in [-0.2, 0) is 23.9 Å². The third-order valence-electron chi connectivity index (χ3n) is 7.83. The van der Waals surface area contributed by atoms with Gasteiger partial charge in [-0.2, -0.15) is 0 Å². The van der Waals surface area contributed by atoms with Crippen molar-refractivity contribution in [3.8, 4) is 0 Å². The lowest BCUT2D eigenvalue weighted by Crippen LogP contribution is -2.56. The summed E-state index contributed by atoms with van der Waals surface area (Å²) in [6, 6.07) is 12.0. The molecule has 11 heteroatoms. The number of anilines is 1. The van der Waals surface area contributed by atoms with Crippen LogP contribution in [0, 0.1) is 0 Å². The van der Waals surface area contributed by atoms with Crippen molar-refractivity contribution in [1.82, 2.24) is 14.7 Å². The second-order valence-corrected chi connectivity index (χ2v) is 10.5. The summed E-state index contributed by atoms with van der Waals surface area (Å²) in [5.41, 5.74) is 1.42. The van der Waals surface area contributed by atoms with E-state index in [-0.39, 0.29) is 36.4 Å². The van der Waals surface area contributed by atoms with Crippen LogP contribution < -0.4 is 5.32 Å². The predicted octanol–water partition coefficient (Wildman–Crippen LogP) is 2.53. The summed E-state index contributed by atoms with van der Waals surface area (Å²) in [5, 5.41) is 2.89. The van der Waals surface area contributed by atoms with Crippen LogP contribution in [0.3, 0.4) is 0 Å². The standard InChI is InChI=1S/C30H32N4O7/c1-19(20-9-5-6-12-23(20)31-25(35)17-32-15-7-2-8-16-32)30(40)41-18-33-26(36)14-13-24(29(33)39)34-27(37)21-10-3-4-11-22(21)28(34)38/h3-6,9-12,19,24H,2,7-8,13-18H2,1H3,(H,31,35)/t19?,24-/m0/s1. The van der Waals surface area contributed by atoms with Gasteiger partial charge in [-0.1, -0.05) is 36.8 Å². The highest BCUT2D eigenvalue weighted by atomic mass is 16.5. The van der Waals surface area contributed by atoms with Crippen molar-refractivity contribution in [2.75, 3.05) is 31.7 Å². The highest BCUT2D eigenvalue weighted by Crippen LogP contribution is 2.30. The molecule has 5 rings (SSSR count). The number of imide groups is 2. The zero-order chi connectivity index (χ0) is 29.1. The highest BCUT2D eigenvalue weighted by molar-refractivity contribution is 6.23. The molecule has 0 aromatic heterocycles. The Morgan fingerprint density at radius 1 is 0.927 bits per heavy atom. The van der Waals surface area contributed by atoms with Crippen LogP contribution in [0.2, 0.25) is 0 Å². The smallest absolute Gasteiger partial charge is 0.314 e. The van der Waals surface area contributed by atoms with E-state index in [1.807, 2.05) is 0 Å². The fourth-order valence-corrected chi connectivity index (χ4v) is 5.57. The number of piperidine rings is 2. The van der Waals surface area contributed by atoms with Crippen LogP contribution >= 0.6 is 0 Å². The molecule has 41 heavy (non-hydrogen) atoms. The van der Waals surface area contributed by atoms with E-state index in [0.717, 1.165) is 35.7 Å². The molecule has 2 atom stereocenters. The second kappa shape index (κ2) is 12.0. The summed E-state index contributed by atoms with van der Waals surface area (Å²) in [6.07, 6.45) is 3.19.